The maximum atomic E-state index is 12.0. The van der Waals surface area contributed by atoms with Crippen LogP contribution in [0.15, 0.2) is 18.2 Å². The van der Waals surface area contributed by atoms with Gasteiger partial charge in [0.25, 0.3) is 11.6 Å². The van der Waals surface area contributed by atoms with Gasteiger partial charge in [-0.1, -0.05) is 19.8 Å². The third-order valence-electron chi connectivity index (χ3n) is 4.05. The SMILES string of the molecule is CC1CCCC1CNC(=O)c1ccc([N+](=O)[O-])c(N)c1. The molecule has 0 heterocycles. The summed E-state index contributed by atoms with van der Waals surface area (Å²) >= 11 is 0. The molecule has 0 aliphatic heterocycles. The highest BCUT2D eigenvalue weighted by Gasteiger charge is 2.24. The predicted octanol–water partition coefficient (Wildman–Crippen LogP) is 2.34. The largest absolute Gasteiger partial charge is 0.393 e. The van der Waals surface area contributed by atoms with Gasteiger partial charge in [0.15, 0.2) is 0 Å². The lowest BCUT2D eigenvalue weighted by Crippen LogP contribution is -2.30. The van der Waals surface area contributed by atoms with Gasteiger partial charge in [0.05, 0.1) is 4.92 Å². The number of nitro benzene ring substituents is 1. The van der Waals surface area contributed by atoms with Crippen molar-refractivity contribution in [1.82, 2.24) is 5.32 Å². The number of amides is 1. The molecule has 1 amide bonds. The lowest BCUT2D eigenvalue weighted by atomic mass is 9.98. The van der Waals surface area contributed by atoms with Crippen molar-refractivity contribution < 1.29 is 9.72 Å². The number of carbonyl (C=O) groups excluding carboxylic acids is 1. The summed E-state index contributed by atoms with van der Waals surface area (Å²) in [5.41, 5.74) is 5.77. The maximum absolute atomic E-state index is 12.0. The molecule has 1 aromatic carbocycles. The smallest absolute Gasteiger partial charge is 0.292 e. The van der Waals surface area contributed by atoms with Crippen LogP contribution < -0.4 is 11.1 Å². The van der Waals surface area contributed by atoms with Gasteiger partial charge in [0, 0.05) is 18.2 Å². The molecule has 0 spiro atoms. The minimum Gasteiger partial charge on any atom is -0.393 e. The van der Waals surface area contributed by atoms with E-state index in [4.69, 9.17) is 5.73 Å². The zero-order chi connectivity index (χ0) is 14.7. The quantitative estimate of drug-likeness (QED) is 0.501. The first kappa shape index (κ1) is 14.3. The van der Waals surface area contributed by atoms with E-state index in [0.717, 1.165) is 6.42 Å². The summed E-state index contributed by atoms with van der Waals surface area (Å²) < 4.78 is 0. The van der Waals surface area contributed by atoms with Gasteiger partial charge in [-0.25, -0.2) is 0 Å². The van der Waals surface area contributed by atoms with E-state index in [1.54, 1.807) is 0 Å². The molecule has 2 rings (SSSR count). The number of nitrogen functional groups attached to an aromatic ring is 1. The summed E-state index contributed by atoms with van der Waals surface area (Å²) in [5.74, 6) is 0.928. The Morgan fingerprint density at radius 3 is 2.80 bits per heavy atom. The maximum Gasteiger partial charge on any atom is 0.292 e. The van der Waals surface area contributed by atoms with Crippen LogP contribution in [0.1, 0.15) is 36.5 Å². The predicted molar refractivity (Wildman–Crippen MR) is 76.3 cm³/mol. The van der Waals surface area contributed by atoms with E-state index in [0.29, 0.717) is 23.9 Å². The fourth-order valence-electron chi connectivity index (χ4n) is 2.71. The number of hydrogen-bond acceptors (Lipinski definition) is 4. The molecule has 0 bridgehead atoms. The third-order valence-corrected chi connectivity index (χ3v) is 4.05. The number of nitrogens with two attached hydrogens (primary N) is 1. The van der Waals surface area contributed by atoms with Crippen LogP contribution in [0.5, 0.6) is 0 Å². The third kappa shape index (κ3) is 3.07. The molecule has 0 radical (unpaired) electrons. The Bertz CT molecular complexity index is 530. The second-order valence-electron chi connectivity index (χ2n) is 5.41. The highest BCUT2D eigenvalue weighted by Crippen LogP contribution is 2.30. The summed E-state index contributed by atoms with van der Waals surface area (Å²) in [7, 11) is 0. The number of carbonyl (C=O) groups is 1. The molecular formula is C14H19N3O3. The van der Waals surface area contributed by atoms with Crippen molar-refractivity contribution >= 4 is 17.3 Å². The number of nitrogens with one attached hydrogen (secondary N) is 1. The van der Waals surface area contributed by atoms with Crippen molar-refractivity contribution in [2.45, 2.75) is 26.2 Å². The lowest BCUT2D eigenvalue weighted by molar-refractivity contribution is -0.383. The summed E-state index contributed by atoms with van der Waals surface area (Å²) in [4.78, 5) is 22.1. The molecule has 1 aliphatic carbocycles. The average Bonchev–Trinajstić information content (AvgIpc) is 2.81. The molecule has 6 nitrogen and oxygen atoms in total. The van der Waals surface area contributed by atoms with Crippen LogP contribution in [0.2, 0.25) is 0 Å². The van der Waals surface area contributed by atoms with Gasteiger partial charge in [0.2, 0.25) is 0 Å². The normalized spacial score (nSPS) is 21.6. The first-order chi connectivity index (χ1) is 9.49. The van der Waals surface area contributed by atoms with Gasteiger partial charge in [-0.2, -0.15) is 0 Å². The van der Waals surface area contributed by atoms with E-state index in [-0.39, 0.29) is 17.3 Å². The van der Waals surface area contributed by atoms with Crippen molar-refractivity contribution in [3.05, 3.63) is 33.9 Å². The Labute approximate surface area is 117 Å². The molecule has 6 heteroatoms. The molecule has 3 N–H and O–H groups in total. The summed E-state index contributed by atoms with van der Waals surface area (Å²) in [6, 6.07) is 4.05. The number of nitrogens with zero attached hydrogens (tertiary/aromatic N) is 1. The minimum absolute atomic E-state index is 0.0110. The first-order valence-corrected chi connectivity index (χ1v) is 6.81. The fraction of sp³-hybridized carbons (Fsp3) is 0.500. The van der Waals surface area contributed by atoms with E-state index in [2.05, 4.69) is 12.2 Å². The fourth-order valence-corrected chi connectivity index (χ4v) is 2.71. The van der Waals surface area contributed by atoms with Crippen LogP contribution in [0.3, 0.4) is 0 Å². The van der Waals surface area contributed by atoms with Gasteiger partial charge in [-0.3, -0.25) is 14.9 Å². The number of rotatable bonds is 4. The molecule has 0 saturated heterocycles. The Morgan fingerprint density at radius 2 is 2.25 bits per heavy atom. The van der Waals surface area contributed by atoms with Crippen molar-refractivity contribution in [2.24, 2.45) is 11.8 Å². The zero-order valence-electron chi connectivity index (χ0n) is 11.5. The van der Waals surface area contributed by atoms with Gasteiger partial charge >= 0.3 is 0 Å². The average molecular weight is 277 g/mol. The minimum atomic E-state index is -0.558. The van der Waals surface area contributed by atoms with Crippen LogP contribution in [0.4, 0.5) is 11.4 Å². The molecule has 1 aromatic rings. The summed E-state index contributed by atoms with van der Waals surface area (Å²) in [5, 5.41) is 13.5. The second kappa shape index (κ2) is 5.90. The lowest BCUT2D eigenvalue weighted by Gasteiger charge is -2.15. The molecule has 1 aliphatic rings. The Balaban J connectivity index is 1.99. The highest BCUT2D eigenvalue weighted by molar-refractivity contribution is 5.95. The molecular weight excluding hydrogens is 258 g/mol. The van der Waals surface area contributed by atoms with E-state index >= 15 is 0 Å². The second-order valence-corrected chi connectivity index (χ2v) is 5.41. The first-order valence-electron chi connectivity index (χ1n) is 6.81. The van der Waals surface area contributed by atoms with Crippen LogP contribution in [-0.4, -0.2) is 17.4 Å². The van der Waals surface area contributed by atoms with Gasteiger partial charge < -0.3 is 11.1 Å². The van der Waals surface area contributed by atoms with E-state index in [1.807, 2.05) is 0 Å². The van der Waals surface area contributed by atoms with E-state index in [1.165, 1.54) is 31.0 Å². The Hall–Kier alpha value is -2.11. The van der Waals surface area contributed by atoms with Gasteiger partial charge in [-0.15, -0.1) is 0 Å². The standard InChI is InChI=1S/C14H19N3O3/c1-9-3-2-4-11(9)8-16-14(18)10-5-6-13(17(19)20)12(15)7-10/h5-7,9,11H,2-4,8,15H2,1H3,(H,16,18). The Kier molecular flexibility index (Phi) is 4.22. The molecule has 0 aromatic heterocycles. The number of benzene rings is 1. The van der Waals surface area contributed by atoms with Crippen molar-refractivity contribution in [2.75, 3.05) is 12.3 Å². The number of nitro groups is 1. The Morgan fingerprint density at radius 1 is 1.50 bits per heavy atom. The van der Waals surface area contributed by atoms with E-state index < -0.39 is 4.92 Å². The number of anilines is 1. The number of hydrogen-bond donors (Lipinski definition) is 2. The zero-order valence-corrected chi connectivity index (χ0v) is 11.5. The summed E-state index contributed by atoms with van der Waals surface area (Å²) in [6.45, 7) is 2.85. The molecule has 20 heavy (non-hydrogen) atoms. The molecule has 108 valence electrons. The molecule has 1 fully saturated rings. The van der Waals surface area contributed by atoms with Gasteiger partial charge in [-0.05, 0) is 30.4 Å². The van der Waals surface area contributed by atoms with Crippen LogP contribution >= 0.6 is 0 Å². The van der Waals surface area contributed by atoms with Crippen molar-refractivity contribution in [1.29, 1.82) is 0 Å². The molecule has 2 unspecified atom stereocenters. The van der Waals surface area contributed by atoms with Crippen LogP contribution in [0.25, 0.3) is 0 Å². The van der Waals surface area contributed by atoms with E-state index in [9.17, 15) is 14.9 Å². The monoisotopic (exact) mass is 277 g/mol. The van der Waals surface area contributed by atoms with Gasteiger partial charge in [0.1, 0.15) is 5.69 Å². The molecule has 2 atom stereocenters. The van der Waals surface area contributed by atoms with Crippen molar-refractivity contribution in [3.63, 3.8) is 0 Å². The van der Waals surface area contributed by atoms with Crippen LogP contribution in [-0.2, 0) is 0 Å². The topological polar surface area (TPSA) is 98.3 Å². The molecule has 1 saturated carbocycles. The summed E-state index contributed by atoms with van der Waals surface area (Å²) in [6.07, 6.45) is 3.57. The highest BCUT2D eigenvalue weighted by atomic mass is 16.6. The van der Waals surface area contributed by atoms with Crippen LogP contribution in [0, 0.1) is 22.0 Å². The van der Waals surface area contributed by atoms with Crippen molar-refractivity contribution in [3.8, 4) is 0 Å².